The topological polar surface area (TPSA) is 77.4 Å². The van der Waals surface area contributed by atoms with E-state index in [-0.39, 0.29) is 12.1 Å². The number of carbonyl (C=O) groups is 1. The summed E-state index contributed by atoms with van der Waals surface area (Å²) in [5.41, 5.74) is 2.69. The number of anilines is 1. The van der Waals surface area contributed by atoms with Gasteiger partial charge in [-0.2, -0.15) is 5.26 Å². The molecule has 6 heteroatoms. The van der Waals surface area contributed by atoms with E-state index < -0.39 is 0 Å². The molecule has 1 aliphatic heterocycles. The zero-order valence-electron chi connectivity index (χ0n) is 16.1. The molecule has 0 spiro atoms. The third kappa shape index (κ3) is 6.00. The lowest BCUT2D eigenvalue weighted by molar-refractivity contribution is 0.221. The first kappa shape index (κ1) is 19.7. The largest absolute Gasteiger partial charge is 0.489 e. The lowest BCUT2D eigenvalue weighted by Crippen LogP contribution is -2.44. The van der Waals surface area contributed by atoms with Crippen LogP contribution < -0.4 is 15.4 Å². The number of piperidine rings is 1. The molecule has 2 N–H and O–H groups in total. The highest BCUT2D eigenvalue weighted by Gasteiger charge is 2.18. The number of urea groups is 1. The minimum absolute atomic E-state index is 0.166. The summed E-state index contributed by atoms with van der Waals surface area (Å²) in [6.07, 6.45) is 2.35. The predicted molar refractivity (Wildman–Crippen MR) is 109 cm³/mol. The number of ether oxygens (including phenoxy) is 1. The first-order valence-corrected chi connectivity index (χ1v) is 9.56. The number of hydrogen-bond acceptors (Lipinski definition) is 4. The number of likely N-dealkylation sites (tertiary alicyclic amines) is 1. The van der Waals surface area contributed by atoms with Gasteiger partial charge in [0.1, 0.15) is 12.4 Å². The molecule has 146 valence electrons. The summed E-state index contributed by atoms with van der Waals surface area (Å²) < 4.78 is 5.80. The van der Waals surface area contributed by atoms with Crippen LogP contribution in [0.1, 0.15) is 24.0 Å². The molecule has 0 aromatic heterocycles. The third-order valence-electron chi connectivity index (χ3n) is 4.85. The van der Waals surface area contributed by atoms with Crippen LogP contribution in [0.2, 0.25) is 0 Å². The second-order valence-electron chi connectivity index (χ2n) is 7.14. The molecule has 6 nitrogen and oxygen atoms in total. The Labute approximate surface area is 166 Å². The number of amides is 2. The fourth-order valence-corrected chi connectivity index (χ4v) is 3.21. The van der Waals surface area contributed by atoms with Crippen molar-refractivity contribution in [1.82, 2.24) is 10.2 Å². The molecule has 0 radical (unpaired) electrons. The van der Waals surface area contributed by atoms with E-state index in [1.165, 1.54) is 0 Å². The summed E-state index contributed by atoms with van der Waals surface area (Å²) >= 11 is 0. The summed E-state index contributed by atoms with van der Waals surface area (Å²) in [5, 5.41) is 14.7. The van der Waals surface area contributed by atoms with Crippen molar-refractivity contribution in [2.45, 2.75) is 31.9 Å². The van der Waals surface area contributed by atoms with Crippen molar-refractivity contribution in [2.24, 2.45) is 0 Å². The zero-order chi connectivity index (χ0) is 19.8. The first-order valence-electron chi connectivity index (χ1n) is 9.56. The average Bonchev–Trinajstić information content (AvgIpc) is 2.70. The van der Waals surface area contributed by atoms with Gasteiger partial charge in [0.05, 0.1) is 12.5 Å². The highest BCUT2D eigenvalue weighted by molar-refractivity contribution is 5.89. The second kappa shape index (κ2) is 9.77. The molecule has 0 unspecified atom stereocenters. The van der Waals surface area contributed by atoms with Crippen LogP contribution in [-0.4, -0.2) is 37.1 Å². The fourth-order valence-electron chi connectivity index (χ4n) is 3.21. The van der Waals surface area contributed by atoms with Crippen molar-refractivity contribution < 1.29 is 9.53 Å². The van der Waals surface area contributed by atoms with Crippen LogP contribution in [0.15, 0.2) is 48.5 Å². The smallest absolute Gasteiger partial charge is 0.319 e. The maximum atomic E-state index is 12.2. The third-order valence-corrected chi connectivity index (χ3v) is 4.85. The molecule has 28 heavy (non-hydrogen) atoms. The average molecular weight is 378 g/mol. The lowest BCUT2D eigenvalue weighted by atomic mass is 10.1. The molecule has 3 rings (SSSR count). The van der Waals surface area contributed by atoms with Gasteiger partial charge in [0.2, 0.25) is 0 Å². The number of nitrogens with one attached hydrogen (secondary N) is 2. The Kier molecular flexibility index (Phi) is 6.88. The van der Waals surface area contributed by atoms with Gasteiger partial charge in [-0.3, -0.25) is 0 Å². The molecule has 2 aromatic rings. The number of nitrogens with zero attached hydrogens (tertiary/aromatic N) is 2. The summed E-state index contributed by atoms with van der Waals surface area (Å²) in [4.78, 5) is 14.5. The van der Waals surface area contributed by atoms with Gasteiger partial charge < -0.3 is 20.3 Å². The van der Waals surface area contributed by atoms with E-state index in [4.69, 9.17) is 10.00 Å². The zero-order valence-corrected chi connectivity index (χ0v) is 16.1. The Morgan fingerprint density at radius 2 is 1.93 bits per heavy atom. The van der Waals surface area contributed by atoms with Gasteiger partial charge >= 0.3 is 6.03 Å². The number of hydrogen-bond donors (Lipinski definition) is 2. The summed E-state index contributed by atoms with van der Waals surface area (Å²) in [6.45, 7) is 2.42. The van der Waals surface area contributed by atoms with Crippen molar-refractivity contribution in [3.05, 3.63) is 59.7 Å². The van der Waals surface area contributed by atoms with Crippen molar-refractivity contribution in [2.75, 3.05) is 25.5 Å². The van der Waals surface area contributed by atoms with E-state index in [1.54, 1.807) is 0 Å². The van der Waals surface area contributed by atoms with Crippen LogP contribution in [0.3, 0.4) is 0 Å². The van der Waals surface area contributed by atoms with Crippen LogP contribution in [0, 0.1) is 11.3 Å². The fraction of sp³-hybridized carbons (Fsp3) is 0.364. The van der Waals surface area contributed by atoms with Crippen LogP contribution >= 0.6 is 0 Å². The number of benzene rings is 2. The molecular formula is C22H26N4O2. The van der Waals surface area contributed by atoms with Gasteiger partial charge in [-0.05, 0) is 68.4 Å². The van der Waals surface area contributed by atoms with E-state index in [0.29, 0.717) is 13.0 Å². The molecule has 0 saturated carbocycles. The maximum Gasteiger partial charge on any atom is 0.319 e. The molecule has 1 fully saturated rings. The number of rotatable bonds is 6. The van der Waals surface area contributed by atoms with E-state index in [1.807, 2.05) is 48.5 Å². The van der Waals surface area contributed by atoms with Crippen LogP contribution in [0.5, 0.6) is 5.75 Å². The van der Waals surface area contributed by atoms with E-state index >= 15 is 0 Å². The molecule has 2 aromatic carbocycles. The van der Waals surface area contributed by atoms with Crippen LogP contribution in [0.4, 0.5) is 10.5 Å². The van der Waals surface area contributed by atoms with Gasteiger partial charge in [0.15, 0.2) is 0 Å². The van der Waals surface area contributed by atoms with Gasteiger partial charge in [-0.1, -0.05) is 24.3 Å². The lowest BCUT2D eigenvalue weighted by Gasteiger charge is -2.29. The molecule has 0 atom stereocenters. The number of carbonyl (C=O) groups excluding carboxylic acids is 1. The minimum Gasteiger partial charge on any atom is -0.489 e. The van der Waals surface area contributed by atoms with Crippen LogP contribution in [-0.2, 0) is 13.0 Å². The van der Waals surface area contributed by atoms with Gasteiger partial charge in [0, 0.05) is 11.7 Å². The predicted octanol–water partition coefficient (Wildman–Crippen LogP) is 3.55. The number of nitriles is 1. The molecular weight excluding hydrogens is 352 g/mol. The monoisotopic (exact) mass is 378 g/mol. The normalized spacial score (nSPS) is 14.9. The Balaban J connectivity index is 1.49. The Morgan fingerprint density at radius 3 is 2.64 bits per heavy atom. The van der Waals surface area contributed by atoms with Crippen molar-refractivity contribution >= 4 is 11.7 Å². The van der Waals surface area contributed by atoms with Crippen molar-refractivity contribution in [1.29, 1.82) is 5.26 Å². The molecule has 2 amide bonds. The molecule has 0 aliphatic carbocycles. The molecule has 1 saturated heterocycles. The Bertz CT molecular complexity index is 821. The summed E-state index contributed by atoms with van der Waals surface area (Å²) in [7, 11) is 2.10. The van der Waals surface area contributed by atoms with Crippen molar-refractivity contribution in [3.63, 3.8) is 0 Å². The molecule has 1 aliphatic rings. The highest BCUT2D eigenvalue weighted by atomic mass is 16.5. The van der Waals surface area contributed by atoms with Gasteiger partial charge in [-0.25, -0.2) is 4.79 Å². The van der Waals surface area contributed by atoms with E-state index in [9.17, 15) is 4.79 Å². The quantitative estimate of drug-likeness (QED) is 0.806. The Morgan fingerprint density at radius 1 is 1.18 bits per heavy atom. The van der Waals surface area contributed by atoms with Crippen LogP contribution in [0.25, 0.3) is 0 Å². The first-order chi connectivity index (χ1) is 13.6. The Hall–Kier alpha value is -3.04. The maximum absolute atomic E-state index is 12.2. The van der Waals surface area contributed by atoms with E-state index in [0.717, 1.165) is 48.5 Å². The minimum atomic E-state index is -0.166. The molecule has 1 heterocycles. The second-order valence-corrected chi connectivity index (χ2v) is 7.14. The van der Waals surface area contributed by atoms with Gasteiger partial charge in [-0.15, -0.1) is 0 Å². The standard InChI is InChI=1S/C22H26N4O2/c1-26-13-10-19(11-14-26)24-22(27)25-20-4-2-3-18(15-20)16-28-21-7-5-17(6-8-21)9-12-23/h2-8,15,19H,9-11,13-14,16H2,1H3,(H2,24,25,27). The van der Waals surface area contributed by atoms with Crippen molar-refractivity contribution in [3.8, 4) is 11.8 Å². The van der Waals surface area contributed by atoms with Gasteiger partial charge in [0.25, 0.3) is 0 Å². The highest BCUT2D eigenvalue weighted by Crippen LogP contribution is 2.17. The summed E-state index contributed by atoms with van der Waals surface area (Å²) in [6, 6.07) is 17.4. The molecule has 0 bridgehead atoms. The summed E-state index contributed by atoms with van der Waals surface area (Å²) in [5.74, 6) is 0.750. The van der Waals surface area contributed by atoms with E-state index in [2.05, 4.69) is 28.7 Å². The SMILES string of the molecule is CN1CCC(NC(=O)Nc2cccc(COc3ccc(CC#N)cc3)c2)CC1.